The summed E-state index contributed by atoms with van der Waals surface area (Å²) in [5, 5.41) is 12.2. The van der Waals surface area contributed by atoms with Crippen LogP contribution in [0.2, 0.25) is 0 Å². The maximum absolute atomic E-state index is 11.8. The summed E-state index contributed by atoms with van der Waals surface area (Å²) in [6.07, 6.45) is 2.85. The van der Waals surface area contributed by atoms with Crippen LogP contribution in [0.4, 0.5) is 0 Å². The SMILES string of the molecule is CCC(C)NC(=O)CN1CCC(CC)(C(=O)O)CC1. The summed E-state index contributed by atoms with van der Waals surface area (Å²) in [5.41, 5.74) is -0.580. The van der Waals surface area contributed by atoms with Crippen LogP contribution in [0.15, 0.2) is 0 Å². The van der Waals surface area contributed by atoms with E-state index in [0.29, 0.717) is 38.9 Å². The lowest BCUT2D eigenvalue weighted by atomic mass is 9.76. The van der Waals surface area contributed by atoms with Crippen LogP contribution in [0.3, 0.4) is 0 Å². The van der Waals surface area contributed by atoms with Crippen molar-refractivity contribution in [1.29, 1.82) is 0 Å². The van der Waals surface area contributed by atoms with Crippen LogP contribution in [0.5, 0.6) is 0 Å². The molecule has 0 saturated carbocycles. The number of piperidine rings is 1. The van der Waals surface area contributed by atoms with Crippen molar-refractivity contribution in [2.45, 2.75) is 52.5 Å². The average molecular weight is 270 g/mol. The minimum Gasteiger partial charge on any atom is -0.481 e. The molecule has 110 valence electrons. The van der Waals surface area contributed by atoms with Gasteiger partial charge in [0.05, 0.1) is 12.0 Å². The number of aliphatic carboxylic acids is 1. The second kappa shape index (κ2) is 6.89. The number of carbonyl (C=O) groups is 2. The highest BCUT2D eigenvalue weighted by Gasteiger charge is 2.39. The summed E-state index contributed by atoms with van der Waals surface area (Å²) in [5.74, 6) is -0.660. The maximum Gasteiger partial charge on any atom is 0.309 e. The van der Waals surface area contributed by atoms with Crippen molar-refractivity contribution in [3.8, 4) is 0 Å². The zero-order valence-electron chi connectivity index (χ0n) is 12.2. The summed E-state index contributed by atoms with van der Waals surface area (Å²) in [4.78, 5) is 25.1. The van der Waals surface area contributed by atoms with Gasteiger partial charge in [0.2, 0.25) is 5.91 Å². The quantitative estimate of drug-likeness (QED) is 0.767. The molecule has 19 heavy (non-hydrogen) atoms. The fourth-order valence-corrected chi connectivity index (χ4v) is 2.48. The summed E-state index contributed by atoms with van der Waals surface area (Å²) in [6, 6.07) is 0.200. The van der Waals surface area contributed by atoms with E-state index >= 15 is 0 Å². The van der Waals surface area contributed by atoms with E-state index in [1.54, 1.807) is 0 Å². The van der Waals surface area contributed by atoms with E-state index in [-0.39, 0.29) is 11.9 Å². The molecule has 2 N–H and O–H groups in total. The first-order chi connectivity index (χ1) is 8.93. The molecule has 0 aromatic rings. The second-order valence-electron chi connectivity index (χ2n) is 5.59. The van der Waals surface area contributed by atoms with E-state index < -0.39 is 11.4 Å². The predicted octanol–water partition coefficient (Wildman–Crippen LogP) is 1.48. The minimum absolute atomic E-state index is 0.0358. The first kappa shape index (κ1) is 16.0. The molecule has 5 heteroatoms. The Morgan fingerprint density at radius 2 is 1.89 bits per heavy atom. The molecule has 0 aromatic carbocycles. The first-order valence-corrected chi connectivity index (χ1v) is 7.18. The molecule has 0 spiro atoms. The van der Waals surface area contributed by atoms with Crippen LogP contribution in [0.25, 0.3) is 0 Å². The number of nitrogens with zero attached hydrogens (tertiary/aromatic N) is 1. The van der Waals surface area contributed by atoms with Crippen molar-refractivity contribution < 1.29 is 14.7 Å². The number of rotatable bonds is 6. The van der Waals surface area contributed by atoms with E-state index in [2.05, 4.69) is 10.2 Å². The molecule has 1 rings (SSSR count). The van der Waals surface area contributed by atoms with Gasteiger partial charge in [-0.3, -0.25) is 14.5 Å². The van der Waals surface area contributed by atoms with Crippen molar-refractivity contribution >= 4 is 11.9 Å². The number of likely N-dealkylation sites (tertiary alicyclic amines) is 1. The predicted molar refractivity (Wildman–Crippen MR) is 73.9 cm³/mol. The maximum atomic E-state index is 11.8. The Morgan fingerprint density at radius 1 is 1.32 bits per heavy atom. The van der Waals surface area contributed by atoms with Gasteiger partial charge in [-0.15, -0.1) is 0 Å². The molecule has 1 unspecified atom stereocenters. The fourth-order valence-electron chi connectivity index (χ4n) is 2.48. The average Bonchev–Trinajstić information content (AvgIpc) is 2.39. The summed E-state index contributed by atoms with van der Waals surface area (Å²) in [7, 11) is 0. The zero-order chi connectivity index (χ0) is 14.5. The highest BCUT2D eigenvalue weighted by atomic mass is 16.4. The number of nitrogens with one attached hydrogen (secondary N) is 1. The van der Waals surface area contributed by atoms with E-state index in [9.17, 15) is 14.7 Å². The van der Waals surface area contributed by atoms with Gasteiger partial charge in [-0.25, -0.2) is 0 Å². The molecule has 0 aliphatic carbocycles. The summed E-state index contributed by atoms with van der Waals surface area (Å²) in [6.45, 7) is 7.71. The molecular formula is C14H26N2O3. The van der Waals surface area contributed by atoms with Gasteiger partial charge in [0.1, 0.15) is 0 Å². The molecule has 0 aromatic heterocycles. The number of carboxylic acid groups (broad SMARTS) is 1. The summed E-state index contributed by atoms with van der Waals surface area (Å²) >= 11 is 0. The number of hydrogen-bond acceptors (Lipinski definition) is 3. The smallest absolute Gasteiger partial charge is 0.309 e. The van der Waals surface area contributed by atoms with Crippen molar-refractivity contribution in [1.82, 2.24) is 10.2 Å². The van der Waals surface area contributed by atoms with E-state index in [1.807, 2.05) is 20.8 Å². The molecule has 1 aliphatic heterocycles. The van der Waals surface area contributed by atoms with Crippen molar-refractivity contribution in [2.24, 2.45) is 5.41 Å². The molecule has 1 saturated heterocycles. The van der Waals surface area contributed by atoms with Crippen molar-refractivity contribution in [3.05, 3.63) is 0 Å². The Hall–Kier alpha value is -1.10. The summed E-state index contributed by atoms with van der Waals surface area (Å²) < 4.78 is 0. The van der Waals surface area contributed by atoms with Crippen LogP contribution in [0.1, 0.15) is 46.5 Å². The van der Waals surface area contributed by atoms with E-state index in [4.69, 9.17) is 0 Å². The highest BCUT2D eigenvalue weighted by Crippen LogP contribution is 2.34. The minimum atomic E-state index is -0.696. The third-order valence-corrected chi connectivity index (χ3v) is 4.33. The number of carbonyl (C=O) groups excluding carboxylic acids is 1. The monoisotopic (exact) mass is 270 g/mol. The van der Waals surface area contributed by atoms with Crippen LogP contribution in [0, 0.1) is 5.41 Å². The van der Waals surface area contributed by atoms with Gasteiger partial charge in [0, 0.05) is 6.04 Å². The Kier molecular flexibility index (Phi) is 5.79. The van der Waals surface area contributed by atoms with E-state index in [0.717, 1.165) is 6.42 Å². The van der Waals surface area contributed by atoms with Crippen LogP contribution in [-0.2, 0) is 9.59 Å². The molecule has 0 radical (unpaired) electrons. The van der Waals surface area contributed by atoms with Gasteiger partial charge in [0.25, 0.3) is 0 Å². The second-order valence-corrected chi connectivity index (χ2v) is 5.59. The van der Waals surface area contributed by atoms with Gasteiger partial charge < -0.3 is 10.4 Å². The zero-order valence-corrected chi connectivity index (χ0v) is 12.2. The Labute approximate surface area is 115 Å². The third kappa shape index (κ3) is 4.20. The number of amides is 1. The van der Waals surface area contributed by atoms with Crippen LogP contribution < -0.4 is 5.32 Å². The van der Waals surface area contributed by atoms with Crippen LogP contribution >= 0.6 is 0 Å². The molecule has 1 amide bonds. The lowest BCUT2D eigenvalue weighted by Crippen LogP contribution is -2.48. The lowest BCUT2D eigenvalue weighted by Gasteiger charge is -2.38. The molecule has 5 nitrogen and oxygen atoms in total. The molecule has 1 aliphatic rings. The molecule has 1 heterocycles. The standard InChI is InChI=1S/C14H26N2O3/c1-4-11(3)15-12(17)10-16-8-6-14(5-2,7-9-16)13(18)19/h11H,4-10H2,1-3H3,(H,15,17)(H,18,19). The normalized spacial score (nSPS) is 20.8. The first-order valence-electron chi connectivity index (χ1n) is 7.18. The fraction of sp³-hybridized carbons (Fsp3) is 0.857. The Balaban J connectivity index is 2.42. The molecule has 1 fully saturated rings. The Bertz CT molecular complexity index is 323. The van der Waals surface area contributed by atoms with Crippen molar-refractivity contribution in [2.75, 3.05) is 19.6 Å². The molecule has 0 bridgehead atoms. The van der Waals surface area contributed by atoms with Gasteiger partial charge in [-0.1, -0.05) is 13.8 Å². The van der Waals surface area contributed by atoms with Crippen LogP contribution in [-0.4, -0.2) is 47.6 Å². The Morgan fingerprint density at radius 3 is 2.32 bits per heavy atom. The van der Waals surface area contributed by atoms with E-state index in [1.165, 1.54) is 0 Å². The molecule has 1 atom stereocenters. The van der Waals surface area contributed by atoms with Gasteiger partial charge in [0.15, 0.2) is 0 Å². The van der Waals surface area contributed by atoms with Crippen molar-refractivity contribution in [3.63, 3.8) is 0 Å². The topological polar surface area (TPSA) is 69.6 Å². The largest absolute Gasteiger partial charge is 0.481 e. The third-order valence-electron chi connectivity index (χ3n) is 4.33. The number of hydrogen-bond donors (Lipinski definition) is 2. The van der Waals surface area contributed by atoms with Gasteiger partial charge >= 0.3 is 5.97 Å². The lowest BCUT2D eigenvalue weighted by molar-refractivity contribution is -0.152. The number of carboxylic acids is 1. The van der Waals surface area contributed by atoms with Gasteiger partial charge in [-0.2, -0.15) is 0 Å². The van der Waals surface area contributed by atoms with Gasteiger partial charge in [-0.05, 0) is 45.7 Å². The molecular weight excluding hydrogens is 244 g/mol. The highest BCUT2D eigenvalue weighted by molar-refractivity contribution is 5.78.